The Morgan fingerprint density at radius 3 is 1.02 bits per heavy atom. The minimum Gasteiger partial charge on any atom is -1.00 e. The summed E-state index contributed by atoms with van der Waals surface area (Å²) in [7, 11) is 4.76. The van der Waals surface area contributed by atoms with Crippen LogP contribution in [0.25, 0.3) is 0 Å². The topological polar surface area (TPSA) is 64.6 Å². The van der Waals surface area contributed by atoms with Crippen LogP contribution in [0, 0.1) is 0 Å². The molecule has 0 amide bonds. The quantitative estimate of drug-likeness (QED) is 0.0374. The summed E-state index contributed by atoms with van der Waals surface area (Å²) in [6.07, 6.45) is 49.6. The number of quaternary nitrogens is 1. The van der Waals surface area contributed by atoms with Crippen molar-refractivity contribution >= 4 is 11.9 Å². The highest BCUT2D eigenvalue weighted by molar-refractivity contribution is 5.69. The van der Waals surface area contributed by atoms with Gasteiger partial charge in [-0.2, -0.15) is 0 Å². The molecule has 0 saturated carbocycles. The van der Waals surface area contributed by atoms with Crippen LogP contribution >= 0.6 is 0 Å². The van der Waals surface area contributed by atoms with E-state index in [0.29, 0.717) is 12.8 Å². The molecule has 0 aromatic heterocycles. The normalized spacial score (nSPS) is 11.7. The van der Waals surface area contributed by atoms with E-state index in [9.17, 15) is 9.59 Å². The minimum atomic E-state index is 0. The molecule has 62 heavy (non-hydrogen) atoms. The molecular weight excluding hydrogens is 788 g/mol. The molecule has 7 heteroatoms. The largest absolute Gasteiger partial charge is 1.00 e. The van der Waals surface area contributed by atoms with E-state index in [0.717, 1.165) is 68.9 Å². The van der Waals surface area contributed by atoms with Gasteiger partial charge in [-0.05, 0) is 90.0 Å². The fourth-order valence-electron chi connectivity index (χ4n) is 8.88. The molecule has 0 aromatic carbocycles. The van der Waals surface area contributed by atoms with Gasteiger partial charge in [-0.25, -0.2) is 0 Å². The zero-order valence-electron chi connectivity index (χ0n) is 42.9. The van der Waals surface area contributed by atoms with E-state index in [-0.39, 0.29) is 36.6 Å². The van der Waals surface area contributed by atoms with Crippen LogP contribution in [0.15, 0.2) is 0 Å². The number of halogens is 1. The predicted molar refractivity (Wildman–Crippen MR) is 266 cm³/mol. The van der Waals surface area contributed by atoms with Crippen molar-refractivity contribution in [2.75, 3.05) is 40.3 Å². The van der Waals surface area contributed by atoms with Crippen molar-refractivity contribution in [3.05, 3.63) is 0 Å². The van der Waals surface area contributed by atoms with Crippen molar-refractivity contribution in [3.8, 4) is 0 Å². The molecule has 0 aliphatic carbocycles. The molecule has 0 rings (SSSR count). The van der Waals surface area contributed by atoms with Gasteiger partial charge >= 0.3 is 11.9 Å². The first-order valence-electron chi connectivity index (χ1n) is 27.7. The number of carbonyl (C=O) groups excluding carboxylic acids is 2. The fraction of sp³-hybridized carbons (Fsp3) is 0.964. The Morgan fingerprint density at radius 2 is 0.645 bits per heavy atom. The van der Waals surface area contributed by atoms with E-state index in [1.807, 2.05) is 0 Å². The van der Waals surface area contributed by atoms with Crippen LogP contribution < -0.4 is 17.7 Å². The third-order valence-electron chi connectivity index (χ3n) is 13.1. The summed E-state index contributed by atoms with van der Waals surface area (Å²) in [6.45, 7) is 13.7. The fourth-order valence-corrected chi connectivity index (χ4v) is 8.88. The van der Waals surface area contributed by atoms with Crippen LogP contribution in [0.1, 0.15) is 291 Å². The number of hydrogen-bond donors (Lipinski definition) is 1. The van der Waals surface area contributed by atoms with E-state index in [1.165, 1.54) is 212 Å². The molecule has 0 aromatic rings. The van der Waals surface area contributed by atoms with Crippen LogP contribution in [0.5, 0.6) is 0 Å². The van der Waals surface area contributed by atoms with Gasteiger partial charge in [0.25, 0.3) is 0 Å². The van der Waals surface area contributed by atoms with Gasteiger partial charge in [0.15, 0.2) is 0 Å². The summed E-state index contributed by atoms with van der Waals surface area (Å²) >= 11 is 0. The molecule has 0 heterocycles. The lowest BCUT2D eigenvalue weighted by molar-refractivity contribution is -0.890. The first kappa shape index (κ1) is 63.2. The summed E-state index contributed by atoms with van der Waals surface area (Å²) in [5, 5.41) is 3.68. The highest BCUT2D eigenvalue weighted by atomic mass is 35.5. The molecule has 0 saturated heterocycles. The molecule has 0 spiro atoms. The minimum absolute atomic E-state index is 0. The van der Waals surface area contributed by atoms with Crippen molar-refractivity contribution in [2.45, 2.75) is 303 Å². The van der Waals surface area contributed by atoms with Gasteiger partial charge in [0.05, 0.1) is 27.2 Å². The maximum atomic E-state index is 12.8. The average Bonchev–Trinajstić information content (AvgIpc) is 3.24. The molecule has 0 atom stereocenters. The van der Waals surface area contributed by atoms with Crippen molar-refractivity contribution in [1.29, 1.82) is 0 Å². The van der Waals surface area contributed by atoms with E-state index >= 15 is 0 Å². The zero-order valence-corrected chi connectivity index (χ0v) is 43.7. The third-order valence-corrected chi connectivity index (χ3v) is 13.1. The van der Waals surface area contributed by atoms with Gasteiger partial charge in [0, 0.05) is 25.8 Å². The lowest BCUT2D eigenvalue weighted by Crippen LogP contribution is -3.00. The first-order valence-corrected chi connectivity index (χ1v) is 27.7. The second-order valence-electron chi connectivity index (χ2n) is 20.0. The number of unbranched alkanes of at least 4 members (excludes halogenated alkanes) is 28. The van der Waals surface area contributed by atoms with Crippen LogP contribution in [0.2, 0.25) is 0 Å². The number of ether oxygens (including phenoxy) is 2. The zero-order chi connectivity index (χ0) is 44.8. The van der Waals surface area contributed by atoms with Gasteiger partial charge in [-0.15, -0.1) is 0 Å². The highest BCUT2D eigenvalue weighted by Gasteiger charge is 2.17. The van der Waals surface area contributed by atoms with Crippen LogP contribution in [0.4, 0.5) is 0 Å². The van der Waals surface area contributed by atoms with E-state index in [2.05, 4.69) is 47.1 Å². The number of carbonyl (C=O) groups is 2. The smallest absolute Gasteiger partial charge is 0.306 e. The lowest BCUT2D eigenvalue weighted by Gasteiger charge is -2.30. The molecule has 0 unspecified atom stereocenters. The Labute approximate surface area is 395 Å². The van der Waals surface area contributed by atoms with E-state index in [1.54, 1.807) is 0 Å². The molecule has 0 fully saturated rings. The van der Waals surface area contributed by atoms with Crippen LogP contribution in [-0.2, 0) is 19.1 Å². The number of esters is 2. The molecule has 372 valence electrons. The van der Waals surface area contributed by atoms with Gasteiger partial charge in [0.2, 0.25) is 0 Å². The van der Waals surface area contributed by atoms with Gasteiger partial charge in [-0.1, -0.05) is 188 Å². The number of rotatable bonds is 50. The van der Waals surface area contributed by atoms with Crippen molar-refractivity contribution in [3.63, 3.8) is 0 Å². The number of hydrogen-bond acceptors (Lipinski definition) is 5. The lowest BCUT2D eigenvalue weighted by atomic mass is 10.0. The molecule has 0 aliphatic rings. The van der Waals surface area contributed by atoms with Crippen molar-refractivity contribution in [2.24, 2.45) is 0 Å². The number of nitrogens with one attached hydrogen (secondary N) is 1. The summed E-state index contributed by atoms with van der Waals surface area (Å²) in [5.74, 6) is 0.0860. The maximum Gasteiger partial charge on any atom is 0.306 e. The second kappa shape index (κ2) is 49.6. The third kappa shape index (κ3) is 47.1. The molecule has 1 N–H and O–H groups in total. The maximum absolute atomic E-state index is 12.8. The Balaban J connectivity index is 0. The van der Waals surface area contributed by atoms with E-state index in [4.69, 9.17) is 9.47 Å². The Hall–Kier alpha value is -0.850. The molecule has 0 radical (unpaired) electrons. The van der Waals surface area contributed by atoms with E-state index < -0.39 is 0 Å². The van der Waals surface area contributed by atoms with Gasteiger partial charge < -0.3 is 31.7 Å². The van der Waals surface area contributed by atoms with Gasteiger partial charge in [0.1, 0.15) is 12.2 Å². The predicted octanol–water partition coefficient (Wildman–Crippen LogP) is 13.6. The average molecular weight is 900 g/mol. The molecule has 0 aliphatic heterocycles. The van der Waals surface area contributed by atoms with Crippen LogP contribution in [0.3, 0.4) is 0 Å². The second-order valence-corrected chi connectivity index (χ2v) is 20.0. The summed E-state index contributed by atoms with van der Waals surface area (Å²) in [5.41, 5.74) is 0. The number of nitrogens with zero attached hydrogens (tertiary/aromatic N) is 1. The highest BCUT2D eigenvalue weighted by Crippen LogP contribution is 2.20. The van der Waals surface area contributed by atoms with Crippen LogP contribution in [-0.4, -0.2) is 68.9 Å². The Morgan fingerprint density at radius 1 is 0.371 bits per heavy atom. The molecule has 0 bridgehead atoms. The Bertz CT molecular complexity index is 886. The Kier molecular flexibility index (Phi) is 50.6. The monoisotopic (exact) mass is 899 g/mol. The molecule has 6 nitrogen and oxygen atoms in total. The first-order chi connectivity index (χ1) is 29.8. The van der Waals surface area contributed by atoms with Crippen molar-refractivity contribution < 1.29 is 36.0 Å². The van der Waals surface area contributed by atoms with Crippen molar-refractivity contribution in [1.82, 2.24) is 5.32 Å². The SMILES string of the molecule is CCCCCCCCC(CCCCCCCC)OC(=O)CCCCCCCNCCC[N+](C)(C)CCCCCCCC(=O)OC(CCCCCCCC)CCCCCCCC.[Cl-]. The molecular formula is C55H111ClN2O4. The van der Waals surface area contributed by atoms with Gasteiger partial charge in [-0.3, -0.25) is 9.59 Å². The standard InChI is InChI=1S/C55H111N2O4.ClH/c1-7-11-15-19-25-33-42-52(43-34-26-20-16-12-8-2)60-54(58)46-37-29-23-31-39-48-56-49-41-51-57(5,6)50-40-32-24-30-38-47-55(59)61-53(44-35-27-21-17-13-9-3)45-36-28-22-18-14-10-4;/h52-53,56H,7-51H2,1-6H3;1H/q+1;/p-1. The summed E-state index contributed by atoms with van der Waals surface area (Å²) in [6, 6.07) is 0. The summed E-state index contributed by atoms with van der Waals surface area (Å²) < 4.78 is 13.2. The summed E-state index contributed by atoms with van der Waals surface area (Å²) in [4.78, 5) is 25.5.